The lowest BCUT2D eigenvalue weighted by molar-refractivity contribution is -0.152. The Morgan fingerprint density at radius 2 is 1.79 bits per heavy atom. The molecule has 1 aromatic carbocycles. The number of hydrogen-bond acceptors (Lipinski definition) is 3. The molecule has 2 rings (SSSR count). The van der Waals surface area contributed by atoms with Gasteiger partial charge in [-0.05, 0) is 24.6 Å². The van der Waals surface area contributed by atoms with Crippen molar-refractivity contribution in [2.45, 2.75) is 19.3 Å². The van der Waals surface area contributed by atoms with Crippen LogP contribution in [0.25, 0.3) is 11.1 Å². The first-order valence-corrected chi connectivity index (χ1v) is 6.56. The predicted octanol–water partition coefficient (Wildman–Crippen LogP) is 3.87. The molecular formula is C14H10F6N2O2. The summed E-state index contributed by atoms with van der Waals surface area (Å²) in [6, 6.07) is 5.03. The molecule has 0 fully saturated rings. The van der Waals surface area contributed by atoms with Gasteiger partial charge in [-0.3, -0.25) is 4.79 Å². The van der Waals surface area contributed by atoms with E-state index in [0.29, 0.717) is 0 Å². The summed E-state index contributed by atoms with van der Waals surface area (Å²) in [5, 5.41) is 0. The van der Waals surface area contributed by atoms with Crippen LogP contribution in [0, 0.1) is 0 Å². The molecule has 2 aromatic rings. The highest BCUT2D eigenvalue weighted by Gasteiger charge is 2.42. The second-order valence-electron chi connectivity index (χ2n) is 4.59. The largest absolute Gasteiger partial charge is 0.494 e. The molecule has 1 heterocycles. The minimum atomic E-state index is -5.24. The second-order valence-corrected chi connectivity index (χ2v) is 4.59. The lowest BCUT2D eigenvalue weighted by Gasteiger charge is -2.14. The molecule has 0 spiro atoms. The van der Waals surface area contributed by atoms with E-state index in [2.05, 4.69) is 4.98 Å². The van der Waals surface area contributed by atoms with E-state index in [0.717, 1.165) is 12.1 Å². The molecule has 130 valence electrons. The van der Waals surface area contributed by atoms with Gasteiger partial charge >= 0.3 is 12.4 Å². The second kappa shape index (κ2) is 6.17. The Labute approximate surface area is 131 Å². The van der Waals surface area contributed by atoms with E-state index in [9.17, 15) is 31.1 Å². The molecule has 0 aliphatic heterocycles. The Morgan fingerprint density at radius 1 is 1.12 bits per heavy atom. The zero-order chi connectivity index (χ0) is 18.1. The molecule has 0 aliphatic carbocycles. The smallest absolute Gasteiger partial charge is 0.449 e. The van der Waals surface area contributed by atoms with Crippen LogP contribution < -0.4 is 10.3 Å². The fourth-order valence-electron chi connectivity index (χ4n) is 1.99. The molecule has 0 radical (unpaired) electrons. The Hall–Kier alpha value is -2.52. The Bertz CT molecular complexity index is 795. The number of H-pyrrole nitrogens is 1. The van der Waals surface area contributed by atoms with Crippen LogP contribution >= 0.6 is 0 Å². The summed E-state index contributed by atoms with van der Waals surface area (Å²) in [7, 11) is 0. The van der Waals surface area contributed by atoms with E-state index < -0.39 is 35.0 Å². The minimum absolute atomic E-state index is 0.169. The van der Waals surface area contributed by atoms with Gasteiger partial charge in [-0.15, -0.1) is 0 Å². The zero-order valence-corrected chi connectivity index (χ0v) is 12.0. The number of rotatable bonds is 3. The standard InChI is InChI=1S/C14H10F6N2O2/c1-2-24-8-5-3-4-7(6-8)9-10(13(15,16)17)21-12(14(18,19)20)22-11(9)23/h3-6H,2H2,1H3,(H,21,22,23). The molecule has 0 saturated carbocycles. The molecule has 0 aliphatic rings. The van der Waals surface area contributed by atoms with E-state index in [1.807, 2.05) is 0 Å². The summed E-state index contributed by atoms with van der Waals surface area (Å²) in [5.41, 5.74) is -4.71. The Balaban J connectivity index is 2.74. The molecule has 4 nitrogen and oxygen atoms in total. The van der Waals surface area contributed by atoms with E-state index in [1.165, 1.54) is 17.1 Å². The van der Waals surface area contributed by atoms with Crippen LogP contribution in [0.15, 0.2) is 29.1 Å². The van der Waals surface area contributed by atoms with Crippen LogP contribution in [0.4, 0.5) is 26.3 Å². The molecule has 0 saturated heterocycles. The number of alkyl halides is 6. The number of aromatic nitrogens is 2. The number of halogens is 6. The van der Waals surface area contributed by atoms with Gasteiger partial charge in [0.05, 0.1) is 12.2 Å². The van der Waals surface area contributed by atoms with Gasteiger partial charge in [0, 0.05) is 0 Å². The van der Waals surface area contributed by atoms with Crippen molar-refractivity contribution in [2.24, 2.45) is 0 Å². The SMILES string of the molecule is CCOc1cccc(-c2c(C(F)(F)F)nc(C(F)(F)F)[nH]c2=O)c1. The maximum Gasteiger partial charge on any atom is 0.449 e. The summed E-state index contributed by atoms with van der Waals surface area (Å²) in [6.45, 7) is 1.86. The van der Waals surface area contributed by atoms with Crippen molar-refractivity contribution in [1.29, 1.82) is 0 Å². The molecule has 0 amide bonds. The maximum absolute atomic E-state index is 13.1. The molecule has 0 unspecified atom stereocenters. The number of nitrogens with zero attached hydrogens (tertiary/aromatic N) is 1. The van der Waals surface area contributed by atoms with Crippen molar-refractivity contribution < 1.29 is 31.1 Å². The third kappa shape index (κ3) is 3.69. The quantitative estimate of drug-likeness (QED) is 0.853. The monoisotopic (exact) mass is 352 g/mol. The van der Waals surface area contributed by atoms with Crippen LogP contribution in [0.2, 0.25) is 0 Å². The fraction of sp³-hybridized carbons (Fsp3) is 0.286. The molecule has 1 N–H and O–H groups in total. The summed E-state index contributed by atoms with van der Waals surface area (Å²) >= 11 is 0. The average molecular weight is 352 g/mol. The van der Waals surface area contributed by atoms with Crippen molar-refractivity contribution in [3.8, 4) is 16.9 Å². The van der Waals surface area contributed by atoms with Gasteiger partial charge in [0.15, 0.2) is 5.69 Å². The normalized spacial score (nSPS) is 12.3. The van der Waals surface area contributed by atoms with Crippen molar-refractivity contribution in [3.05, 3.63) is 46.1 Å². The minimum Gasteiger partial charge on any atom is -0.494 e. The van der Waals surface area contributed by atoms with Crippen molar-refractivity contribution >= 4 is 0 Å². The van der Waals surface area contributed by atoms with E-state index in [4.69, 9.17) is 4.74 Å². The van der Waals surface area contributed by atoms with Gasteiger partial charge in [-0.2, -0.15) is 26.3 Å². The highest BCUT2D eigenvalue weighted by atomic mass is 19.4. The number of aromatic amines is 1. The first-order chi connectivity index (χ1) is 11.0. The van der Waals surface area contributed by atoms with E-state index in [1.54, 1.807) is 6.92 Å². The molecule has 10 heteroatoms. The fourth-order valence-corrected chi connectivity index (χ4v) is 1.99. The molecule has 24 heavy (non-hydrogen) atoms. The number of ether oxygens (including phenoxy) is 1. The van der Waals surface area contributed by atoms with Crippen molar-refractivity contribution in [3.63, 3.8) is 0 Å². The van der Waals surface area contributed by atoms with Crippen LogP contribution in [-0.2, 0) is 12.4 Å². The van der Waals surface area contributed by atoms with E-state index >= 15 is 0 Å². The van der Waals surface area contributed by atoms with Gasteiger partial charge in [-0.1, -0.05) is 12.1 Å². The number of benzene rings is 1. The van der Waals surface area contributed by atoms with Gasteiger partial charge < -0.3 is 9.72 Å². The highest BCUT2D eigenvalue weighted by molar-refractivity contribution is 5.67. The van der Waals surface area contributed by atoms with Crippen LogP contribution in [0.1, 0.15) is 18.4 Å². The molecular weight excluding hydrogens is 342 g/mol. The van der Waals surface area contributed by atoms with Crippen LogP contribution in [-0.4, -0.2) is 16.6 Å². The Kier molecular flexibility index (Phi) is 4.59. The van der Waals surface area contributed by atoms with Gasteiger partial charge in [0.25, 0.3) is 5.56 Å². The third-order valence-corrected chi connectivity index (χ3v) is 2.89. The van der Waals surface area contributed by atoms with Crippen LogP contribution in [0.3, 0.4) is 0 Å². The summed E-state index contributed by atoms with van der Waals surface area (Å²) in [6.07, 6.45) is -10.5. The lowest BCUT2D eigenvalue weighted by atomic mass is 10.0. The first-order valence-electron chi connectivity index (χ1n) is 6.56. The Morgan fingerprint density at radius 3 is 2.33 bits per heavy atom. The van der Waals surface area contributed by atoms with Gasteiger partial charge in [-0.25, -0.2) is 4.98 Å². The lowest BCUT2D eigenvalue weighted by Crippen LogP contribution is -2.26. The highest BCUT2D eigenvalue weighted by Crippen LogP contribution is 2.36. The van der Waals surface area contributed by atoms with Gasteiger partial charge in [0.2, 0.25) is 5.82 Å². The zero-order valence-electron chi connectivity index (χ0n) is 12.0. The van der Waals surface area contributed by atoms with Crippen molar-refractivity contribution in [2.75, 3.05) is 6.61 Å². The van der Waals surface area contributed by atoms with Crippen LogP contribution in [0.5, 0.6) is 5.75 Å². The van der Waals surface area contributed by atoms with Crippen molar-refractivity contribution in [1.82, 2.24) is 9.97 Å². The van der Waals surface area contributed by atoms with Gasteiger partial charge in [0.1, 0.15) is 5.75 Å². The topological polar surface area (TPSA) is 55.0 Å². The molecule has 0 atom stereocenters. The first kappa shape index (κ1) is 17.8. The number of nitrogens with one attached hydrogen (secondary N) is 1. The maximum atomic E-state index is 13.1. The molecule has 0 bridgehead atoms. The predicted molar refractivity (Wildman–Crippen MR) is 71.5 cm³/mol. The molecule has 1 aromatic heterocycles. The average Bonchev–Trinajstić information content (AvgIpc) is 2.45. The third-order valence-electron chi connectivity index (χ3n) is 2.89. The summed E-state index contributed by atoms with van der Waals surface area (Å²) < 4.78 is 82.3. The van der Waals surface area contributed by atoms with E-state index in [-0.39, 0.29) is 17.9 Å². The number of hydrogen-bond donors (Lipinski definition) is 1. The summed E-state index contributed by atoms with van der Waals surface area (Å²) in [4.78, 5) is 15.8. The summed E-state index contributed by atoms with van der Waals surface area (Å²) in [5.74, 6) is -1.84.